The van der Waals surface area contributed by atoms with E-state index in [-0.39, 0.29) is 5.82 Å². The number of para-hydroxylation sites is 1. The van der Waals surface area contributed by atoms with Crippen LogP contribution in [0.3, 0.4) is 0 Å². The molecule has 0 aliphatic heterocycles. The smallest absolute Gasteiger partial charge is 0.210 e. The highest BCUT2D eigenvalue weighted by Crippen LogP contribution is 2.24. The van der Waals surface area contributed by atoms with E-state index >= 15 is 0 Å². The minimum atomic E-state index is -0.385. The second-order valence-corrected chi connectivity index (χ2v) is 4.30. The Bertz CT molecular complexity index is 394. The molecular weight excluding hydrogens is 303 g/mol. The van der Waals surface area contributed by atoms with E-state index in [1.165, 1.54) is 6.07 Å². The van der Waals surface area contributed by atoms with Crippen LogP contribution in [0, 0.1) is 5.82 Å². The number of hydrogen-bond acceptors (Lipinski definition) is 3. The Kier molecular flexibility index (Phi) is 6.63. The number of benzene rings is 1. The number of nitrogens with two attached hydrogens (primary N) is 1. The van der Waals surface area contributed by atoms with Gasteiger partial charge < -0.3 is 10.1 Å². The van der Waals surface area contributed by atoms with E-state index in [9.17, 15) is 4.39 Å². The zero-order valence-corrected chi connectivity index (χ0v) is 11.6. The summed E-state index contributed by atoms with van der Waals surface area (Å²) in [6.45, 7) is 1.15. The number of hydrazine groups is 1. The van der Waals surface area contributed by atoms with Gasteiger partial charge in [-0.25, -0.2) is 10.2 Å². The van der Waals surface area contributed by atoms with Gasteiger partial charge in [-0.2, -0.15) is 0 Å². The molecule has 0 heterocycles. The molecule has 0 aliphatic carbocycles. The van der Waals surface area contributed by atoms with E-state index in [4.69, 9.17) is 10.6 Å². The Morgan fingerprint density at radius 2 is 2.33 bits per heavy atom. The van der Waals surface area contributed by atoms with Gasteiger partial charge in [-0.3, -0.25) is 10.4 Å². The monoisotopic (exact) mass is 318 g/mol. The Balaban J connectivity index is 2.67. The second-order valence-electron chi connectivity index (χ2n) is 3.44. The number of guanidine groups is 1. The fourth-order valence-corrected chi connectivity index (χ4v) is 1.70. The third-order valence-electron chi connectivity index (χ3n) is 2.12. The first-order valence-corrected chi connectivity index (χ1v) is 6.19. The molecule has 100 valence electrons. The van der Waals surface area contributed by atoms with Gasteiger partial charge in [0.05, 0.1) is 5.69 Å². The lowest BCUT2D eigenvalue weighted by molar-refractivity contribution is 0.197. The number of nitrogens with zero attached hydrogens (tertiary/aromatic N) is 1. The summed E-state index contributed by atoms with van der Waals surface area (Å²) in [5.74, 6) is 5.24. The fraction of sp³-hybridized carbons (Fsp3) is 0.364. The molecule has 0 aliphatic rings. The predicted octanol–water partition coefficient (Wildman–Crippen LogP) is 1.86. The van der Waals surface area contributed by atoms with Gasteiger partial charge in [0.2, 0.25) is 5.96 Å². The standard InChI is InChI=1S/C11H16BrFN4O/c1-18-7-3-6-15-11(17-14)16-10-8(12)4-2-5-9(10)13/h2,4-5H,3,6-7,14H2,1H3,(H2,15,16,17). The van der Waals surface area contributed by atoms with E-state index < -0.39 is 0 Å². The van der Waals surface area contributed by atoms with Crippen LogP contribution in [0.4, 0.5) is 10.1 Å². The number of methoxy groups -OCH3 is 1. The number of anilines is 1. The number of nitrogens with one attached hydrogen (secondary N) is 2. The number of aliphatic imine (C=N–C) groups is 1. The van der Waals surface area contributed by atoms with E-state index in [0.29, 0.717) is 29.3 Å². The Labute approximate surface area is 114 Å². The van der Waals surface area contributed by atoms with Crippen LogP contribution in [0.25, 0.3) is 0 Å². The second kappa shape index (κ2) is 8.02. The molecule has 0 saturated heterocycles. The molecule has 0 radical (unpaired) electrons. The van der Waals surface area contributed by atoms with Crippen LogP contribution in [0.5, 0.6) is 0 Å². The topological polar surface area (TPSA) is 71.7 Å². The molecule has 7 heteroatoms. The van der Waals surface area contributed by atoms with Gasteiger partial charge in [-0.15, -0.1) is 0 Å². The first-order valence-electron chi connectivity index (χ1n) is 5.40. The molecule has 18 heavy (non-hydrogen) atoms. The number of rotatable bonds is 5. The van der Waals surface area contributed by atoms with Crippen LogP contribution in [-0.2, 0) is 4.74 Å². The van der Waals surface area contributed by atoms with Crippen molar-refractivity contribution in [2.24, 2.45) is 10.8 Å². The summed E-state index contributed by atoms with van der Waals surface area (Å²) in [5, 5.41) is 2.79. The average molecular weight is 319 g/mol. The first kappa shape index (κ1) is 14.9. The highest BCUT2D eigenvalue weighted by Gasteiger charge is 2.07. The number of halogens is 2. The van der Waals surface area contributed by atoms with E-state index in [1.54, 1.807) is 19.2 Å². The SMILES string of the molecule is COCCCN=C(NN)Nc1c(F)cccc1Br. The van der Waals surface area contributed by atoms with Crippen molar-refractivity contribution in [3.63, 3.8) is 0 Å². The van der Waals surface area contributed by atoms with Gasteiger partial charge in [-0.1, -0.05) is 6.07 Å². The number of hydrogen-bond donors (Lipinski definition) is 3. The fourth-order valence-electron chi connectivity index (χ4n) is 1.26. The highest BCUT2D eigenvalue weighted by molar-refractivity contribution is 9.10. The van der Waals surface area contributed by atoms with Crippen molar-refractivity contribution in [1.29, 1.82) is 0 Å². The van der Waals surface area contributed by atoms with E-state index in [2.05, 4.69) is 31.7 Å². The van der Waals surface area contributed by atoms with Crippen LogP contribution in [-0.4, -0.2) is 26.2 Å². The molecule has 1 rings (SSSR count). The van der Waals surface area contributed by atoms with Crippen molar-refractivity contribution >= 4 is 27.6 Å². The van der Waals surface area contributed by atoms with Crippen LogP contribution >= 0.6 is 15.9 Å². The zero-order valence-electron chi connectivity index (χ0n) is 10.0. The van der Waals surface area contributed by atoms with Crippen LogP contribution < -0.4 is 16.6 Å². The molecule has 4 N–H and O–H groups in total. The quantitative estimate of drug-likeness (QED) is 0.255. The molecule has 0 unspecified atom stereocenters. The maximum Gasteiger partial charge on any atom is 0.210 e. The maximum atomic E-state index is 13.6. The Morgan fingerprint density at radius 1 is 1.56 bits per heavy atom. The minimum Gasteiger partial charge on any atom is -0.385 e. The van der Waals surface area contributed by atoms with Crippen LogP contribution in [0.1, 0.15) is 6.42 Å². The lowest BCUT2D eigenvalue weighted by Gasteiger charge is -2.11. The minimum absolute atomic E-state index is 0.293. The van der Waals surface area contributed by atoms with E-state index in [1.807, 2.05) is 0 Å². The first-order chi connectivity index (χ1) is 8.69. The van der Waals surface area contributed by atoms with Gasteiger partial charge in [-0.05, 0) is 34.5 Å². The summed E-state index contributed by atoms with van der Waals surface area (Å²) in [4.78, 5) is 4.16. The third-order valence-corrected chi connectivity index (χ3v) is 2.78. The molecule has 0 spiro atoms. The largest absolute Gasteiger partial charge is 0.385 e. The van der Waals surface area contributed by atoms with Crippen LogP contribution in [0.15, 0.2) is 27.7 Å². The molecule has 5 nitrogen and oxygen atoms in total. The van der Waals surface area contributed by atoms with Crippen molar-refractivity contribution in [2.45, 2.75) is 6.42 Å². The third kappa shape index (κ3) is 4.59. The zero-order chi connectivity index (χ0) is 13.4. The Hall–Kier alpha value is -1.18. The molecular formula is C11H16BrFN4O. The summed E-state index contributed by atoms with van der Waals surface area (Å²) in [6.07, 6.45) is 0.766. The summed E-state index contributed by atoms with van der Waals surface area (Å²) in [7, 11) is 1.63. The molecule has 0 atom stereocenters. The van der Waals surface area contributed by atoms with Crippen molar-refractivity contribution in [3.05, 3.63) is 28.5 Å². The molecule has 0 fully saturated rings. The van der Waals surface area contributed by atoms with Gasteiger partial charge in [0.15, 0.2) is 0 Å². The highest BCUT2D eigenvalue weighted by atomic mass is 79.9. The van der Waals surface area contributed by atoms with Crippen molar-refractivity contribution in [3.8, 4) is 0 Å². The van der Waals surface area contributed by atoms with Crippen molar-refractivity contribution < 1.29 is 9.13 Å². The predicted molar refractivity (Wildman–Crippen MR) is 73.8 cm³/mol. The van der Waals surface area contributed by atoms with Crippen molar-refractivity contribution in [2.75, 3.05) is 25.6 Å². The molecule has 0 bridgehead atoms. The summed E-state index contributed by atoms with van der Waals surface area (Å²) in [5.41, 5.74) is 2.69. The normalized spacial score (nSPS) is 11.4. The van der Waals surface area contributed by atoms with E-state index in [0.717, 1.165) is 6.42 Å². The van der Waals surface area contributed by atoms with Crippen LogP contribution in [0.2, 0.25) is 0 Å². The van der Waals surface area contributed by atoms with Gasteiger partial charge in [0.1, 0.15) is 5.82 Å². The molecule has 0 aromatic heterocycles. The van der Waals surface area contributed by atoms with Gasteiger partial charge in [0, 0.05) is 24.7 Å². The molecule has 1 aromatic rings. The Morgan fingerprint density at radius 3 is 2.94 bits per heavy atom. The average Bonchev–Trinajstić information content (AvgIpc) is 2.36. The summed E-state index contributed by atoms with van der Waals surface area (Å²) >= 11 is 3.25. The lowest BCUT2D eigenvalue weighted by Crippen LogP contribution is -2.36. The maximum absolute atomic E-state index is 13.6. The number of ether oxygens (including phenoxy) is 1. The lowest BCUT2D eigenvalue weighted by atomic mass is 10.3. The van der Waals surface area contributed by atoms with Gasteiger partial charge in [0.25, 0.3) is 0 Å². The molecule has 0 amide bonds. The summed E-state index contributed by atoms with van der Waals surface area (Å²) in [6, 6.07) is 4.69. The molecule has 0 saturated carbocycles. The molecule has 1 aromatic carbocycles. The van der Waals surface area contributed by atoms with Gasteiger partial charge >= 0.3 is 0 Å². The summed E-state index contributed by atoms with van der Waals surface area (Å²) < 4.78 is 19.1. The van der Waals surface area contributed by atoms with Crippen molar-refractivity contribution in [1.82, 2.24) is 5.43 Å².